The van der Waals surface area contributed by atoms with E-state index in [9.17, 15) is 4.79 Å². The number of hydrogen-bond acceptors (Lipinski definition) is 7. The Morgan fingerprint density at radius 1 is 1.36 bits per heavy atom. The molecule has 1 aliphatic rings. The van der Waals surface area contributed by atoms with Gasteiger partial charge in [0.05, 0.1) is 18.0 Å². The maximum absolute atomic E-state index is 12.2. The Bertz CT molecular complexity index is 595. The minimum Gasteiger partial charge on any atom is -0.338 e. The molecule has 1 amide bonds. The lowest BCUT2D eigenvalue weighted by Gasteiger charge is -2.33. The summed E-state index contributed by atoms with van der Waals surface area (Å²) in [4.78, 5) is 21.3. The van der Waals surface area contributed by atoms with Gasteiger partial charge in [-0.15, -0.1) is 23.7 Å². The molecule has 1 aliphatic heterocycles. The zero-order valence-electron chi connectivity index (χ0n) is 12.0. The largest absolute Gasteiger partial charge is 0.338 e. The van der Waals surface area contributed by atoms with Crippen LogP contribution in [0, 0.1) is 0 Å². The summed E-state index contributed by atoms with van der Waals surface area (Å²) >= 11 is 1.48. The van der Waals surface area contributed by atoms with Crippen LogP contribution in [-0.4, -0.2) is 52.0 Å². The standard InChI is InChI=1S/C13H17N5O2S.ClH/c14-8-12-15-11(16-20-12)9-17-3-5-18(6-4-17)13(19)10-2-1-7-21-10;/h1-2,7H,3-6,8-9,14H2;1H. The van der Waals surface area contributed by atoms with Crippen LogP contribution in [0.25, 0.3) is 0 Å². The minimum absolute atomic E-state index is 0. The van der Waals surface area contributed by atoms with Crippen LogP contribution in [0.15, 0.2) is 22.0 Å². The second kappa shape index (κ2) is 7.68. The van der Waals surface area contributed by atoms with Crippen molar-refractivity contribution in [3.63, 3.8) is 0 Å². The predicted molar refractivity (Wildman–Crippen MR) is 84.9 cm³/mol. The highest BCUT2D eigenvalue weighted by Crippen LogP contribution is 2.14. The van der Waals surface area contributed by atoms with E-state index in [1.54, 1.807) is 0 Å². The molecule has 1 fully saturated rings. The van der Waals surface area contributed by atoms with Gasteiger partial charge < -0.3 is 15.2 Å². The first-order chi connectivity index (χ1) is 10.3. The Hall–Kier alpha value is -1.48. The second-order valence-electron chi connectivity index (χ2n) is 4.85. The Balaban J connectivity index is 0.00000176. The van der Waals surface area contributed by atoms with Crippen LogP contribution >= 0.6 is 23.7 Å². The minimum atomic E-state index is 0. The molecule has 0 atom stereocenters. The van der Waals surface area contributed by atoms with Gasteiger partial charge in [-0.3, -0.25) is 9.69 Å². The van der Waals surface area contributed by atoms with Crippen molar-refractivity contribution >= 4 is 29.7 Å². The van der Waals surface area contributed by atoms with E-state index >= 15 is 0 Å². The van der Waals surface area contributed by atoms with Gasteiger partial charge in [0, 0.05) is 26.2 Å². The number of nitrogens with two attached hydrogens (primary N) is 1. The molecule has 3 rings (SSSR count). The van der Waals surface area contributed by atoms with Crippen LogP contribution < -0.4 is 5.73 Å². The summed E-state index contributed by atoms with van der Waals surface area (Å²) in [6.45, 7) is 3.95. The number of rotatable bonds is 4. The molecule has 2 aromatic heterocycles. The molecule has 0 aliphatic carbocycles. The zero-order chi connectivity index (χ0) is 14.7. The number of nitrogens with zero attached hydrogens (tertiary/aromatic N) is 4. The average Bonchev–Trinajstić information content (AvgIpc) is 3.19. The summed E-state index contributed by atoms with van der Waals surface area (Å²) < 4.78 is 4.99. The molecule has 2 N–H and O–H groups in total. The van der Waals surface area contributed by atoms with Gasteiger partial charge in [-0.1, -0.05) is 11.2 Å². The fourth-order valence-corrected chi connectivity index (χ4v) is 2.99. The van der Waals surface area contributed by atoms with Crippen LogP contribution in [0.2, 0.25) is 0 Å². The Morgan fingerprint density at radius 2 is 2.14 bits per heavy atom. The SMILES string of the molecule is Cl.NCc1nc(CN2CCN(C(=O)c3cccs3)CC2)no1. The third-order valence-electron chi connectivity index (χ3n) is 3.44. The molecule has 0 radical (unpaired) electrons. The van der Waals surface area contributed by atoms with Crippen LogP contribution in [0.3, 0.4) is 0 Å². The van der Waals surface area contributed by atoms with Crippen LogP contribution in [-0.2, 0) is 13.1 Å². The third-order valence-corrected chi connectivity index (χ3v) is 4.30. The van der Waals surface area contributed by atoms with Gasteiger partial charge in [0.2, 0.25) is 5.89 Å². The van der Waals surface area contributed by atoms with Gasteiger partial charge in [-0.2, -0.15) is 4.98 Å². The summed E-state index contributed by atoms with van der Waals surface area (Å²) in [5.41, 5.74) is 5.44. The van der Waals surface area contributed by atoms with Gasteiger partial charge >= 0.3 is 0 Å². The molecular weight excluding hydrogens is 326 g/mol. The van der Waals surface area contributed by atoms with Crippen molar-refractivity contribution in [2.45, 2.75) is 13.1 Å². The average molecular weight is 344 g/mol. The van der Waals surface area contributed by atoms with E-state index in [1.807, 2.05) is 22.4 Å². The maximum atomic E-state index is 12.2. The first kappa shape index (κ1) is 16.9. The molecular formula is C13H18ClN5O2S. The fraction of sp³-hybridized carbons (Fsp3) is 0.462. The molecule has 0 bridgehead atoms. The van der Waals surface area contributed by atoms with Crippen molar-refractivity contribution < 1.29 is 9.32 Å². The number of piperazine rings is 1. The van der Waals surface area contributed by atoms with Gasteiger partial charge in [0.1, 0.15) is 0 Å². The molecule has 2 aromatic rings. The number of amides is 1. The number of hydrogen-bond donors (Lipinski definition) is 1. The van der Waals surface area contributed by atoms with Gasteiger partial charge in [-0.25, -0.2) is 0 Å². The summed E-state index contributed by atoms with van der Waals surface area (Å²) in [5.74, 6) is 1.22. The number of carbonyl (C=O) groups excluding carboxylic acids is 1. The van der Waals surface area contributed by atoms with E-state index in [2.05, 4.69) is 15.0 Å². The highest BCUT2D eigenvalue weighted by Gasteiger charge is 2.23. The predicted octanol–water partition coefficient (Wildman–Crippen LogP) is 0.970. The normalized spacial score (nSPS) is 15.6. The first-order valence-corrected chi connectivity index (χ1v) is 7.71. The van der Waals surface area contributed by atoms with Crippen molar-refractivity contribution in [2.75, 3.05) is 26.2 Å². The number of aromatic nitrogens is 2. The Labute approximate surface area is 138 Å². The second-order valence-corrected chi connectivity index (χ2v) is 5.80. The van der Waals surface area contributed by atoms with Crippen molar-refractivity contribution in [3.05, 3.63) is 34.1 Å². The van der Waals surface area contributed by atoms with E-state index in [4.69, 9.17) is 10.3 Å². The number of halogens is 1. The summed E-state index contributed by atoms with van der Waals surface area (Å²) in [5, 5.41) is 5.81. The monoisotopic (exact) mass is 343 g/mol. The van der Waals surface area contributed by atoms with Crippen LogP contribution in [0.1, 0.15) is 21.4 Å². The highest BCUT2D eigenvalue weighted by molar-refractivity contribution is 7.12. The first-order valence-electron chi connectivity index (χ1n) is 6.83. The van der Waals surface area contributed by atoms with E-state index < -0.39 is 0 Å². The fourth-order valence-electron chi connectivity index (χ4n) is 2.30. The van der Waals surface area contributed by atoms with E-state index in [0.717, 1.165) is 31.1 Å². The topological polar surface area (TPSA) is 88.5 Å². The molecule has 1 saturated heterocycles. The lowest BCUT2D eigenvalue weighted by Crippen LogP contribution is -2.48. The lowest BCUT2D eigenvalue weighted by atomic mass is 10.3. The summed E-state index contributed by atoms with van der Waals surface area (Å²) in [6.07, 6.45) is 0. The molecule has 0 aromatic carbocycles. The third kappa shape index (κ3) is 3.83. The van der Waals surface area contributed by atoms with Crippen LogP contribution in [0.4, 0.5) is 0 Å². The Kier molecular flexibility index (Phi) is 5.90. The van der Waals surface area contributed by atoms with Gasteiger partial charge in [0.25, 0.3) is 5.91 Å². The molecule has 120 valence electrons. The van der Waals surface area contributed by atoms with Crippen molar-refractivity contribution in [1.82, 2.24) is 19.9 Å². The summed E-state index contributed by atoms with van der Waals surface area (Å²) in [6, 6.07) is 3.77. The number of thiophene rings is 1. The molecule has 0 spiro atoms. The zero-order valence-corrected chi connectivity index (χ0v) is 13.6. The van der Waals surface area contributed by atoms with E-state index in [0.29, 0.717) is 18.3 Å². The van der Waals surface area contributed by atoms with Crippen molar-refractivity contribution in [3.8, 4) is 0 Å². The van der Waals surface area contributed by atoms with Gasteiger partial charge in [-0.05, 0) is 11.4 Å². The quantitative estimate of drug-likeness (QED) is 0.889. The lowest BCUT2D eigenvalue weighted by molar-refractivity contribution is 0.0629. The van der Waals surface area contributed by atoms with Crippen molar-refractivity contribution in [1.29, 1.82) is 0 Å². The molecule has 3 heterocycles. The molecule has 0 saturated carbocycles. The molecule has 22 heavy (non-hydrogen) atoms. The molecule has 0 unspecified atom stereocenters. The molecule has 9 heteroatoms. The smallest absolute Gasteiger partial charge is 0.264 e. The van der Waals surface area contributed by atoms with Crippen LogP contribution in [0.5, 0.6) is 0 Å². The van der Waals surface area contributed by atoms with E-state index in [-0.39, 0.29) is 24.9 Å². The molecule has 7 nitrogen and oxygen atoms in total. The summed E-state index contributed by atoms with van der Waals surface area (Å²) in [7, 11) is 0. The maximum Gasteiger partial charge on any atom is 0.264 e. The Morgan fingerprint density at radius 3 is 2.73 bits per heavy atom. The van der Waals surface area contributed by atoms with Crippen molar-refractivity contribution in [2.24, 2.45) is 5.73 Å². The highest BCUT2D eigenvalue weighted by atomic mass is 35.5. The number of carbonyl (C=O) groups is 1. The van der Waals surface area contributed by atoms with E-state index in [1.165, 1.54) is 11.3 Å². The van der Waals surface area contributed by atoms with Gasteiger partial charge in [0.15, 0.2) is 5.82 Å².